The third-order valence-corrected chi connectivity index (χ3v) is 10.5. The van der Waals surface area contributed by atoms with Crippen LogP contribution in [0, 0.1) is 0 Å². The summed E-state index contributed by atoms with van der Waals surface area (Å²) >= 11 is 0. The Balaban J connectivity index is 0.000000151. The van der Waals surface area contributed by atoms with Gasteiger partial charge in [-0.05, 0) is 87.4 Å². The molecule has 0 saturated carbocycles. The fourth-order valence-corrected chi connectivity index (χ4v) is 7.89. The summed E-state index contributed by atoms with van der Waals surface area (Å²) in [6, 6.07) is 34.6. The van der Waals surface area contributed by atoms with Crippen LogP contribution < -0.4 is 0 Å². The van der Waals surface area contributed by atoms with Crippen molar-refractivity contribution in [2.24, 2.45) is 0 Å². The molecule has 0 atom stereocenters. The lowest BCUT2D eigenvalue weighted by molar-refractivity contribution is 0.0383. The predicted octanol–water partition coefficient (Wildman–Crippen LogP) is 7.80. The maximum Gasteiger partial charge on any atom is 0.0656 e. The van der Waals surface area contributed by atoms with Gasteiger partial charge in [-0.15, -0.1) is 0 Å². The van der Waals surface area contributed by atoms with Gasteiger partial charge in [0.1, 0.15) is 0 Å². The van der Waals surface area contributed by atoms with Gasteiger partial charge >= 0.3 is 0 Å². The van der Waals surface area contributed by atoms with E-state index in [2.05, 4.69) is 134 Å². The fraction of sp³-hybridized carbons (Fsp3) is 0.302. The van der Waals surface area contributed by atoms with Crippen LogP contribution in [0.3, 0.4) is 0 Å². The molecule has 9 heteroatoms. The van der Waals surface area contributed by atoms with Crippen molar-refractivity contribution >= 4 is 43.6 Å². The lowest BCUT2D eigenvalue weighted by Gasteiger charge is -2.26. The van der Waals surface area contributed by atoms with Crippen molar-refractivity contribution in [2.75, 3.05) is 39.5 Å². The molecule has 4 aromatic carbocycles. The molecule has 0 unspecified atom stereocenters. The lowest BCUT2D eigenvalue weighted by Crippen LogP contribution is -2.37. The first-order valence-electron chi connectivity index (χ1n) is 18.7. The van der Waals surface area contributed by atoms with E-state index in [0.717, 1.165) is 82.3 Å². The molecule has 0 spiro atoms. The van der Waals surface area contributed by atoms with Crippen LogP contribution >= 0.6 is 0 Å². The van der Waals surface area contributed by atoms with E-state index in [4.69, 9.17) is 9.84 Å². The Labute approximate surface area is 304 Å². The molecule has 8 aromatic rings. The van der Waals surface area contributed by atoms with E-state index in [1.54, 1.807) is 0 Å². The normalized spacial score (nSPS) is 13.8. The van der Waals surface area contributed by atoms with Crippen LogP contribution in [-0.4, -0.2) is 78.2 Å². The number of rotatable bonds is 10. The highest BCUT2D eigenvalue weighted by Gasteiger charge is 2.15. The Morgan fingerprint density at radius 1 is 0.596 bits per heavy atom. The van der Waals surface area contributed by atoms with Crippen molar-refractivity contribution in [2.45, 2.75) is 46.2 Å². The molecule has 1 aliphatic rings. The first kappa shape index (κ1) is 33.9. The van der Waals surface area contributed by atoms with Gasteiger partial charge in [0.2, 0.25) is 0 Å². The summed E-state index contributed by atoms with van der Waals surface area (Å²) in [6.07, 6.45) is 6.31. The zero-order chi connectivity index (χ0) is 35.4. The molecule has 5 heterocycles. The summed E-state index contributed by atoms with van der Waals surface area (Å²) < 4.78 is 14.3. The maximum atomic E-state index is 9.08. The predicted molar refractivity (Wildman–Crippen MR) is 211 cm³/mol. The van der Waals surface area contributed by atoms with Crippen LogP contribution in [0.4, 0.5) is 0 Å². The van der Waals surface area contributed by atoms with Gasteiger partial charge < -0.3 is 19.0 Å². The van der Waals surface area contributed by atoms with Crippen LogP contribution in [0.15, 0.2) is 109 Å². The first-order chi connectivity index (χ1) is 25.7. The number of hydrogen-bond donors (Lipinski definition) is 1. The molecule has 1 aliphatic heterocycles. The summed E-state index contributed by atoms with van der Waals surface area (Å²) in [5, 5.41) is 23.3. The largest absolute Gasteiger partial charge is 0.396 e. The van der Waals surface area contributed by atoms with Gasteiger partial charge in [-0.25, -0.2) is 9.36 Å². The van der Waals surface area contributed by atoms with E-state index in [9.17, 15) is 0 Å². The van der Waals surface area contributed by atoms with E-state index >= 15 is 0 Å². The number of aliphatic hydroxyl groups excluding tert-OH is 1. The number of aryl methyl sites for hydroxylation is 3. The number of ether oxygens (including phenoxy) is 1. The second-order valence-corrected chi connectivity index (χ2v) is 13.4. The first-order valence-corrected chi connectivity index (χ1v) is 18.7. The summed E-state index contributed by atoms with van der Waals surface area (Å²) in [5.41, 5.74) is 9.69. The van der Waals surface area contributed by atoms with Gasteiger partial charge in [0.15, 0.2) is 0 Å². The quantitative estimate of drug-likeness (QED) is 0.158. The summed E-state index contributed by atoms with van der Waals surface area (Å²) in [4.78, 5) is 2.47. The molecule has 266 valence electrons. The fourth-order valence-electron chi connectivity index (χ4n) is 7.89. The van der Waals surface area contributed by atoms with Gasteiger partial charge in [0, 0.05) is 113 Å². The van der Waals surface area contributed by atoms with Gasteiger partial charge in [0.25, 0.3) is 0 Å². The molecular weight excluding hydrogens is 647 g/mol. The molecule has 0 bridgehead atoms. The van der Waals surface area contributed by atoms with Gasteiger partial charge in [-0.3, -0.25) is 4.90 Å². The number of para-hydroxylation sites is 2. The average molecular weight is 694 g/mol. The van der Waals surface area contributed by atoms with Crippen molar-refractivity contribution in [3.63, 3.8) is 0 Å². The van der Waals surface area contributed by atoms with Crippen molar-refractivity contribution in [1.82, 2.24) is 33.6 Å². The minimum absolute atomic E-state index is 0.203. The Morgan fingerprint density at radius 3 is 1.62 bits per heavy atom. The second-order valence-electron chi connectivity index (χ2n) is 13.4. The summed E-state index contributed by atoms with van der Waals surface area (Å²) in [6.45, 7) is 11.3. The van der Waals surface area contributed by atoms with E-state index < -0.39 is 0 Å². The molecule has 9 nitrogen and oxygen atoms in total. The summed E-state index contributed by atoms with van der Waals surface area (Å²) in [7, 11) is 0. The zero-order valence-electron chi connectivity index (χ0n) is 30.2. The molecule has 0 amide bonds. The van der Waals surface area contributed by atoms with Crippen LogP contribution in [0.5, 0.6) is 0 Å². The van der Waals surface area contributed by atoms with Crippen molar-refractivity contribution in [1.29, 1.82) is 0 Å². The second kappa shape index (κ2) is 15.2. The van der Waals surface area contributed by atoms with Gasteiger partial charge in [0.05, 0.1) is 24.6 Å². The monoisotopic (exact) mass is 693 g/mol. The molecule has 0 radical (unpaired) electrons. The number of morpholine rings is 1. The Morgan fingerprint density at radius 2 is 1.10 bits per heavy atom. The van der Waals surface area contributed by atoms with E-state index in [1.807, 2.05) is 23.1 Å². The molecular formula is C43H47N7O2. The molecule has 4 aromatic heterocycles. The van der Waals surface area contributed by atoms with Crippen molar-refractivity contribution < 1.29 is 9.84 Å². The standard InChI is InChI=1S/C23H26N4O.C20H21N3O/c1-2-26-22-6-4-3-5-20(22)21-17-19(7-8-23(21)26)27-18(9-11-24-27)10-12-25-13-15-28-16-14-25;1-2-22-19-8-4-3-7-17(19)18-14-16(9-10-20(18)22)23-15(6-5-13-24)11-12-21-23/h3-9,11,17H,2,10,12-16H2,1H3;3-4,7-12,14,24H,2,5-6,13H2,1H3. The molecule has 1 N–H and O–H groups in total. The highest BCUT2D eigenvalue weighted by Crippen LogP contribution is 2.32. The SMILES string of the molecule is CCn1c2ccccc2c2cc(-n3nccc3CCCO)ccc21.CCn1c2ccccc2c2cc(-n3nccc3CCN3CCOCC3)ccc21. The number of aromatic nitrogens is 6. The molecule has 9 rings (SSSR count). The molecule has 52 heavy (non-hydrogen) atoms. The number of hydrogen-bond acceptors (Lipinski definition) is 5. The van der Waals surface area contributed by atoms with Gasteiger partial charge in [-0.2, -0.15) is 10.2 Å². The average Bonchev–Trinajstić information content (AvgIpc) is 4.00. The van der Waals surface area contributed by atoms with Crippen LogP contribution in [0.1, 0.15) is 31.7 Å². The maximum absolute atomic E-state index is 9.08. The summed E-state index contributed by atoms with van der Waals surface area (Å²) in [5.74, 6) is 0. The number of nitrogens with zero attached hydrogens (tertiary/aromatic N) is 7. The third kappa shape index (κ3) is 6.40. The number of aliphatic hydroxyl groups is 1. The van der Waals surface area contributed by atoms with E-state index in [1.165, 1.54) is 49.3 Å². The number of benzene rings is 4. The van der Waals surface area contributed by atoms with Crippen molar-refractivity contribution in [3.8, 4) is 11.4 Å². The lowest BCUT2D eigenvalue weighted by atomic mass is 10.1. The minimum Gasteiger partial charge on any atom is -0.396 e. The number of fused-ring (bicyclic) bond motifs is 6. The van der Waals surface area contributed by atoms with E-state index in [-0.39, 0.29) is 6.61 Å². The van der Waals surface area contributed by atoms with Gasteiger partial charge in [-0.1, -0.05) is 36.4 Å². The Bertz CT molecular complexity index is 2440. The Hall–Kier alpha value is -5.22. The highest BCUT2D eigenvalue weighted by atomic mass is 16.5. The van der Waals surface area contributed by atoms with Crippen LogP contribution in [0.2, 0.25) is 0 Å². The molecule has 1 saturated heterocycles. The topological polar surface area (TPSA) is 78.2 Å². The zero-order valence-corrected chi connectivity index (χ0v) is 30.2. The van der Waals surface area contributed by atoms with E-state index in [0.29, 0.717) is 0 Å². The van der Waals surface area contributed by atoms with Crippen LogP contribution in [0.25, 0.3) is 55.0 Å². The highest BCUT2D eigenvalue weighted by molar-refractivity contribution is 6.09. The third-order valence-electron chi connectivity index (χ3n) is 10.5. The Kier molecular flexibility index (Phi) is 9.89. The minimum atomic E-state index is 0.203. The molecule has 0 aliphatic carbocycles. The van der Waals surface area contributed by atoms with Crippen molar-refractivity contribution in [3.05, 3.63) is 121 Å². The molecule has 1 fully saturated rings. The van der Waals surface area contributed by atoms with Crippen LogP contribution in [-0.2, 0) is 30.7 Å². The smallest absolute Gasteiger partial charge is 0.0656 e.